The first kappa shape index (κ1) is 18.6. The molecule has 1 heterocycles. The molecule has 0 fully saturated rings. The van der Waals surface area contributed by atoms with Crippen LogP contribution in [-0.4, -0.2) is 22.8 Å². The van der Waals surface area contributed by atoms with Crippen molar-refractivity contribution in [1.29, 1.82) is 0 Å². The summed E-state index contributed by atoms with van der Waals surface area (Å²) in [5.41, 5.74) is 4.57. The highest BCUT2D eigenvalue weighted by molar-refractivity contribution is 6.05. The molecule has 25 heavy (non-hydrogen) atoms. The molecule has 0 aliphatic rings. The Hall–Kier alpha value is -2.69. The Balaban J connectivity index is 2.21. The number of aromatic nitrogens is 1. The van der Waals surface area contributed by atoms with Crippen LogP contribution in [0.5, 0.6) is 0 Å². The van der Waals surface area contributed by atoms with Crippen LogP contribution in [0.15, 0.2) is 30.5 Å². The molecule has 1 unspecified atom stereocenters. The van der Waals surface area contributed by atoms with Crippen molar-refractivity contribution >= 4 is 17.5 Å². The zero-order chi connectivity index (χ0) is 18.6. The van der Waals surface area contributed by atoms with Gasteiger partial charge in [-0.2, -0.15) is 0 Å². The van der Waals surface area contributed by atoms with Crippen molar-refractivity contribution in [3.05, 3.63) is 58.4 Å². The zero-order valence-corrected chi connectivity index (χ0v) is 15.4. The van der Waals surface area contributed by atoms with Gasteiger partial charge in [0.2, 0.25) is 0 Å². The van der Waals surface area contributed by atoms with E-state index in [2.05, 4.69) is 15.6 Å². The maximum atomic E-state index is 12.6. The van der Waals surface area contributed by atoms with E-state index in [-0.39, 0.29) is 23.6 Å². The monoisotopic (exact) mass is 339 g/mol. The van der Waals surface area contributed by atoms with E-state index in [4.69, 9.17) is 0 Å². The molecule has 2 rings (SSSR count). The minimum atomic E-state index is -0.326. The predicted octanol–water partition coefficient (Wildman–Crippen LogP) is 3.79. The van der Waals surface area contributed by atoms with Crippen molar-refractivity contribution in [3.8, 4) is 0 Å². The molecule has 0 aliphatic heterocycles. The second kappa shape index (κ2) is 7.92. The SMILES string of the molecule is CCC(C)NC(=O)c1ccnc(C(=O)Nc2c(C)cc(C)cc2C)c1. The second-order valence-electron chi connectivity index (χ2n) is 6.44. The molecule has 0 bridgehead atoms. The highest BCUT2D eigenvalue weighted by Gasteiger charge is 2.15. The fourth-order valence-electron chi connectivity index (χ4n) is 2.66. The second-order valence-corrected chi connectivity index (χ2v) is 6.44. The third-order valence-corrected chi connectivity index (χ3v) is 4.16. The lowest BCUT2D eigenvalue weighted by molar-refractivity contribution is 0.0939. The van der Waals surface area contributed by atoms with Crippen LogP contribution in [0.2, 0.25) is 0 Å². The van der Waals surface area contributed by atoms with Gasteiger partial charge in [0.15, 0.2) is 0 Å². The number of amides is 2. The summed E-state index contributed by atoms with van der Waals surface area (Å²) in [7, 11) is 0. The lowest BCUT2D eigenvalue weighted by Crippen LogP contribution is -2.32. The lowest BCUT2D eigenvalue weighted by Gasteiger charge is -2.13. The highest BCUT2D eigenvalue weighted by atomic mass is 16.2. The molecule has 132 valence electrons. The fraction of sp³-hybridized carbons (Fsp3) is 0.350. The Morgan fingerprint density at radius 1 is 1.08 bits per heavy atom. The molecular weight excluding hydrogens is 314 g/mol. The van der Waals surface area contributed by atoms with E-state index in [1.807, 2.05) is 46.8 Å². The number of pyridine rings is 1. The number of hydrogen-bond donors (Lipinski definition) is 2. The van der Waals surface area contributed by atoms with Crippen molar-refractivity contribution < 1.29 is 9.59 Å². The molecule has 1 aromatic heterocycles. The molecule has 0 radical (unpaired) electrons. The average molecular weight is 339 g/mol. The highest BCUT2D eigenvalue weighted by Crippen LogP contribution is 2.22. The van der Waals surface area contributed by atoms with Crippen LogP contribution in [0.25, 0.3) is 0 Å². The number of nitrogens with one attached hydrogen (secondary N) is 2. The lowest BCUT2D eigenvalue weighted by atomic mass is 10.0. The largest absolute Gasteiger partial charge is 0.350 e. The number of carbonyl (C=O) groups excluding carboxylic acids is 2. The molecule has 0 saturated carbocycles. The zero-order valence-electron chi connectivity index (χ0n) is 15.4. The molecule has 2 N–H and O–H groups in total. The molecule has 2 amide bonds. The molecule has 5 nitrogen and oxygen atoms in total. The van der Waals surface area contributed by atoms with Gasteiger partial charge in [0.1, 0.15) is 5.69 Å². The summed E-state index contributed by atoms with van der Waals surface area (Å²) in [4.78, 5) is 28.9. The molecule has 0 spiro atoms. The fourth-order valence-corrected chi connectivity index (χ4v) is 2.66. The summed E-state index contributed by atoms with van der Waals surface area (Å²) < 4.78 is 0. The van der Waals surface area contributed by atoms with Crippen molar-refractivity contribution in [2.24, 2.45) is 0 Å². The summed E-state index contributed by atoms with van der Waals surface area (Å²) in [6.45, 7) is 9.88. The number of nitrogens with zero attached hydrogens (tertiary/aromatic N) is 1. The van der Waals surface area contributed by atoms with E-state index in [1.165, 1.54) is 12.3 Å². The topological polar surface area (TPSA) is 71.1 Å². The smallest absolute Gasteiger partial charge is 0.274 e. The van der Waals surface area contributed by atoms with Gasteiger partial charge in [-0.05, 0) is 57.4 Å². The summed E-state index contributed by atoms with van der Waals surface area (Å²) in [6.07, 6.45) is 2.32. The van der Waals surface area contributed by atoms with Crippen LogP contribution in [0.3, 0.4) is 0 Å². The maximum Gasteiger partial charge on any atom is 0.274 e. The van der Waals surface area contributed by atoms with E-state index >= 15 is 0 Å². The van der Waals surface area contributed by atoms with Crippen LogP contribution in [0.4, 0.5) is 5.69 Å². The van der Waals surface area contributed by atoms with Crippen LogP contribution in [0, 0.1) is 20.8 Å². The molecule has 0 aliphatic carbocycles. The van der Waals surface area contributed by atoms with Gasteiger partial charge >= 0.3 is 0 Å². The number of rotatable bonds is 5. The normalized spacial score (nSPS) is 11.7. The van der Waals surface area contributed by atoms with E-state index in [9.17, 15) is 9.59 Å². The van der Waals surface area contributed by atoms with Gasteiger partial charge in [-0.1, -0.05) is 24.6 Å². The number of aryl methyl sites for hydroxylation is 3. The Morgan fingerprint density at radius 3 is 2.32 bits per heavy atom. The van der Waals surface area contributed by atoms with Crippen molar-refractivity contribution in [1.82, 2.24) is 10.3 Å². The summed E-state index contributed by atoms with van der Waals surface area (Å²) in [5, 5.41) is 5.79. The first-order valence-electron chi connectivity index (χ1n) is 8.48. The standard InChI is InChI=1S/C20H25N3O2/c1-6-15(5)22-19(24)16-7-8-21-17(11-16)20(25)23-18-13(3)9-12(2)10-14(18)4/h7-11,15H,6H2,1-5H3,(H,22,24)(H,23,25). The quantitative estimate of drug-likeness (QED) is 0.870. The number of carbonyl (C=O) groups is 2. The first-order chi connectivity index (χ1) is 11.8. The molecule has 1 aromatic carbocycles. The van der Waals surface area contributed by atoms with Gasteiger partial charge in [0.05, 0.1) is 0 Å². The molecule has 5 heteroatoms. The van der Waals surface area contributed by atoms with Crippen LogP contribution in [0.1, 0.15) is 57.8 Å². The maximum absolute atomic E-state index is 12.6. The number of benzene rings is 1. The van der Waals surface area contributed by atoms with Crippen molar-refractivity contribution in [2.75, 3.05) is 5.32 Å². The molecule has 1 atom stereocenters. The van der Waals surface area contributed by atoms with Crippen molar-refractivity contribution in [2.45, 2.75) is 47.1 Å². The third-order valence-electron chi connectivity index (χ3n) is 4.16. The predicted molar refractivity (Wildman–Crippen MR) is 100 cm³/mol. The van der Waals surface area contributed by atoms with Crippen molar-refractivity contribution in [3.63, 3.8) is 0 Å². The van der Waals surface area contributed by atoms with Gasteiger partial charge in [-0.15, -0.1) is 0 Å². The molecule has 0 saturated heterocycles. The summed E-state index contributed by atoms with van der Waals surface area (Å²) >= 11 is 0. The minimum absolute atomic E-state index is 0.0794. The van der Waals surface area contributed by atoms with E-state index in [0.29, 0.717) is 5.56 Å². The summed E-state index contributed by atoms with van der Waals surface area (Å²) in [5.74, 6) is -0.526. The molecular formula is C20H25N3O2. The van der Waals surface area contributed by atoms with Gasteiger partial charge in [0, 0.05) is 23.5 Å². The van der Waals surface area contributed by atoms with Crippen LogP contribution in [-0.2, 0) is 0 Å². The first-order valence-corrected chi connectivity index (χ1v) is 8.48. The molecule has 2 aromatic rings. The Bertz CT molecular complexity index is 776. The Kier molecular flexibility index (Phi) is 5.91. The summed E-state index contributed by atoms with van der Waals surface area (Å²) in [6, 6.07) is 7.25. The number of hydrogen-bond acceptors (Lipinski definition) is 3. The average Bonchev–Trinajstić information content (AvgIpc) is 2.57. The van der Waals surface area contributed by atoms with Gasteiger partial charge in [0.25, 0.3) is 11.8 Å². The third kappa shape index (κ3) is 4.66. The van der Waals surface area contributed by atoms with Gasteiger partial charge in [-0.3, -0.25) is 14.6 Å². The Morgan fingerprint density at radius 2 is 1.72 bits per heavy atom. The number of anilines is 1. The Labute approximate surface area is 148 Å². The van der Waals surface area contributed by atoms with E-state index in [0.717, 1.165) is 28.8 Å². The minimum Gasteiger partial charge on any atom is -0.350 e. The van der Waals surface area contributed by atoms with Crippen LogP contribution >= 0.6 is 0 Å². The van der Waals surface area contributed by atoms with E-state index < -0.39 is 0 Å². The van der Waals surface area contributed by atoms with Gasteiger partial charge < -0.3 is 10.6 Å². The van der Waals surface area contributed by atoms with E-state index in [1.54, 1.807) is 6.07 Å². The van der Waals surface area contributed by atoms with Crippen LogP contribution < -0.4 is 10.6 Å². The van der Waals surface area contributed by atoms with Gasteiger partial charge in [-0.25, -0.2) is 0 Å².